The van der Waals surface area contributed by atoms with Crippen LogP contribution in [0.15, 0.2) is 18.2 Å². The highest BCUT2D eigenvalue weighted by Crippen LogP contribution is 2.33. The monoisotopic (exact) mass is 218 g/mol. The second kappa shape index (κ2) is 4.16. The molecule has 86 valence electrons. The third kappa shape index (κ3) is 2.03. The van der Waals surface area contributed by atoms with E-state index in [2.05, 4.69) is 12.2 Å². The van der Waals surface area contributed by atoms with Crippen LogP contribution in [0, 0.1) is 12.8 Å². The van der Waals surface area contributed by atoms with Crippen molar-refractivity contribution in [1.82, 2.24) is 5.32 Å². The van der Waals surface area contributed by atoms with Gasteiger partial charge in [0.1, 0.15) is 0 Å². The zero-order valence-electron chi connectivity index (χ0n) is 9.79. The number of rotatable bonds is 3. The number of nitrogens with two attached hydrogens (primary N) is 1. The Hall–Kier alpha value is -1.51. The van der Waals surface area contributed by atoms with Crippen LogP contribution in [0.1, 0.15) is 35.7 Å². The molecule has 1 amide bonds. The molecule has 1 fully saturated rings. The van der Waals surface area contributed by atoms with Gasteiger partial charge in [-0.25, -0.2) is 0 Å². The van der Waals surface area contributed by atoms with Gasteiger partial charge in [-0.05, 0) is 30.9 Å². The Morgan fingerprint density at radius 3 is 2.88 bits per heavy atom. The number of nitrogen functional groups attached to an aromatic ring is 1. The van der Waals surface area contributed by atoms with Crippen LogP contribution in [0.4, 0.5) is 5.69 Å². The van der Waals surface area contributed by atoms with Crippen LogP contribution < -0.4 is 11.1 Å². The molecule has 0 bridgehead atoms. The molecule has 3 N–H and O–H groups in total. The van der Waals surface area contributed by atoms with Crippen LogP contribution in [0.25, 0.3) is 0 Å². The number of nitrogens with one attached hydrogen (secondary N) is 1. The van der Waals surface area contributed by atoms with E-state index in [9.17, 15) is 4.79 Å². The Kier molecular flexibility index (Phi) is 2.86. The Balaban J connectivity index is 2.09. The number of amides is 1. The zero-order chi connectivity index (χ0) is 11.7. The van der Waals surface area contributed by atoms with Gasteiger partial charge in [0, 0.05) is 11.7 Å². The second-order valence-corrected chi connectivity index (χ2v) is 4.52. The molecule has 0 aliphatic heterocycles. The summed E-state index contributed by atoms with van der Waals surface area (Å²) in [6.07, 6.45) is 2.24. The molecular formula is C13H18N2O. The molecule has 1 aliphatic rings. The van der Waals surface area contributed by atoms with Crippen molar-refractivity contribution in [3.63, 3.8) is 0 Å². The van der Waals surface area contributed by atoms with Crippen molar-refractivity contribution in [2.45, 2.75) is 32.7 Å². The first-order valence-corrected chi connectivity index (χ1v) is 5.79. The fraction of sp³-hybridized carbons (Fsp3) is 0.462. The number of benzene rings is 1. The van der Waals surface area contributed by atoms with Crippen LogP contribution in [0.5, 0.6) is 0 Å². The van der Waals surface area contributed by atoms with E-state index in [1.165, 1.54) is 0 Å². The van der Waals surface area contributed by atoms with Crippen LogP contribution >= 0.6 is 0 Å². The lowest BCUT2D eigenvalue weighted by molar-refractivity contribution is 0.0949. The molecule has 1 aromatic carbocycles. The molecule has 1 saturated carbocycles. The van der Waals surface area contributed by atoms with Crippen molar-refractivity contribution in [3.05, 3.63) is 29.3 Å². The van der Waals surface area contributed by atoms with Crippen LogP contribution in [-0.2, 0) is 0 Å². The Morgan fingerprint density at radius 2 is 2.31 bits per heavy atom. The van der Waals surface area contributed by atoms with E-state index < -0.39 is 0 Å². The summed E-state index contributed by atoms with van der Waals surface area (Å²) in [6, 6.07) is 5.91. The van der Waals surface area contributed by atoms with Crippen molar-refractivity contribution >= 4 is 11.6 Å². The maximum absolute atomic E-state index is 12.0. The lowest BCUT2D eigenvalue weighted by atomic mass is 10.1. The largest absolute Gasteiger partial charge is 0.398 e. The molecule has 1 aliphatic carbocycles. The van der Waals surface area contributed by atoms with Crippen LogP contribution in [0.2, 0.25) is 0 Å². The maximum Gasteiger partial charge on any atom is 0.253 e. The summed E-state index contributed by atoms with van der Waals surface area (Å²) < 4.78 is 0. The average Bonchev–Trinajstić information content (AvgIpc) is 2.96. The average molecular weight is 218 g/mol. The van der Waals surface area contributed by atoms with Crippen molar-refractivity contribution in [2.24, 2.45) is 5.92 Å². The molecule has 2 unspecified atom stereocenters. The van der Waals surface area contributed by atoms with Gasteiger partial charge in [0.15, 0.2) is 0 Å². The second-order valence-electron chi connectivity index (χ2n) is 4.52. The summed E-state index contributed by atoms with van der Waals surface area (Å²) in [6.45, 7) is 4.06. The van der Waals surface area contributed by atoms with Gasteiger partial charge in [-0.3, -0.25) is 4.79 Å². The van der Waals surface area contributed by atoms with Gasteiger partial charge in [0.05, 0.1) is 5.56 Å². The lowest BCUT2D eigenvalue weighted by Gasteiger charge is -2.09. The van der Waals surface area contributed by atoms with E-state index in [4.69, 9.17) is 5.73 Å². The smallest absolute Gasteiger partial charge is 0.253 e. The minimum Gasteiger partial charge on any atom is -0.398 e. The first kappa shape index (κ1) is 11.0. The summed E-state index contributed by atoms with van der Waals surface area (Å²) in [5.74, 6) is 0.630. The molecule has 1 aromatic rings. The summed E-state index contributed by atoms with van der Waals surface area (Å²) >= 11 is 0. The van der Waals surface area contributed by atoms with Crippen molar-refractivity contribution in [3.8, 4) is 0 Å². The van der Waals surface area contributed by atoms with E-state index in [-0.39, 0.29) is 5.91 Å². The van der Waals surface area contributed by atoms with Gasteiger partial charge in [-0.1, -0.05) is 25.5 Å². The molecule has 0 spiro atoms. The van der Waals surface area contributed by atoms with Crippen LogP contribution in [0.3, 0.4) is 0 Å². The molecule has 0 radical (unpaired) electrons. The van der Waals surface area contributed by atoms with Gasteiger partial charge in [0.2, 0.25) is 0 Å². The van der Waals surface area contributed by atoms with Crippen molar-refractivity contribution in [1.29, 1.82) is 0 Å². The number of anilines is 1. The zero-order valence-corrected chi connectivity index (χ0v) is 9.79. The predicted molar refractivity (Wildman–Crippen MR) is 65.2 cm³/mol. The van der Waals surface area contributed by atoms with Gasteiger partial charge in [-0.15, -0.1) is 0 Å². The van der Waals surface area contributed by atoms with Crippen molar-refractivity contribution < 1.29 is 4.79 Å². The Morgan fingerprint density at radius 1 is 1.56 bits per heavy atom. The van der Waals surface area contributed by atoms with Gasteiger partial charge < -0.3 is 11.1 Å². The summed E-state index contributed by atoms with van der Waals surface area (Å²) in [5.41, 5.74) is 7.95. The van der Waals surface area contributed by atoms with Crippen molar-refractivity contribution in [2.75, 3.05) is 5.73 Å². The minimum atomic E-state index is -0.0310. The molecule has 0 saturated heterocycles. The SMILES string of the molecule is CCC1CC1NC(=O)c1c(C)cccc1N. The fourth-order valence-corrected chi connectivity index (χ4v) is 2.12. The topological polar surface area (TPSA) is 55.1 Å². The van der Waals surface area contributed by atoms with E-state index in [1.807, 2.05) is 19.1 Å². The maximum atomic E-state index is 12.0. The number of carbonyl (C=O) groups is 1. The highest BCUT2D eigenvalue weighted by Gasteiger charge is 2.36. The molecule has 16 heavy (non-hydrogen) atoms. The molecule has 0 heterocycles. The molecule has 0 aromatic heterocycles. The van der Waals surface area contributed by atoms with E-state index in [1.54, 1.807) is 6.07 Å². The van der Waals surface area contributed by atoms with E-state index >= 15 is 0 Å². The van der Waals surface area contributed by atoms with Crippen LogP contribution in [-0.4, -0.2) is 11.9 Å². The summed E-state index contributed by atoms with van der Waals surface area (Å²) in [5, 5.41) is 3.03. The van der Waals surface area contributed by atoms with Gasteiger partial charge in [0.25, 0.3) is 5.91 Å². The van der Waals surface area contributed by atoms with E-state index in [0.717, 1.165) is 18.4 Å². The molecule has 2 atom stereocenters. The number of aryl methyl sites for hydroxylation is 1. The molecule has 3 nitrogen and oxygen atoms in total. The number of hydrogen-bond acceptors (Lipinski definition) is 2. The quantitative estimate of drug-likeness (QED) is 0.763. The molecule has 3 heteroatoms. The highest BCUT2D eigenvalue weighted by molar-refractivity contribution is 6.00. The third-order valence-electron chi connectivity index (χ3n) is 3.30. The minimum absolute atomic E-state index is 0.0310. The van der Waals surface area contributed by atoms with Gasteiger partial charge in [-0.2, -0.15) is 0 Å². The van der Waals surface area contributed by atoms with E-state index in [0.29, 0.717) is 23.2 Å². The van der Waals surface area contributed by atoms with Gasteiger partial charge >= 0.3 is 0 Å². The molecular weight excluding hydrogens is 200 g/mol. The lowest BCUT2D eigenvalue weighted by Crippen LogP contribution is -2.28. The number of carbonyl (C=O) groups excluding carboxylic acids is 1. The Labute approximate surface area is 96.0 Å². The standard InChI is InChI=1S/C13H18N2O/c1-3-9-7-11(9)15-13(16)12-8(2)5-4-6-10(12)14/h4-6,9,11H,3,7,14H2,1-2H3,(H,15,16). The summed E-state index contributed by atoms with van der Waals surface area (Å²) in [7, 11) is 0. The first-order valence-electron chi connectivity index (χ1n) is 5.79. The Bertz CT molecular complexity index is 394. The third-order valence-corrected chi connectivity index (χ3v) is 3.30. The molecule has 2 rings (SSSR count). The normalized spacial score (nSPS) is 22.9. The predicted octanol–water partition coefficient (Wildman–Crippen LogP) is 2.11. The number of hydrogen-bond donors (Lipinski definition) is 2. The fourth-order valence-electron chi connectivity index (χ4n) is 2.12. The summed E-state index contributed by atoms with van der Waals surface area (Å²) in [4.78, 5) is 12.0. The highest BCUT2D eigenvalue weighted by atomic mass is 16.1. The first-order chi connectivity index (χ1) is 7.63.